The molecule has 0 unspecified atom stereocenters. The SMILES string of the molecule is CCOc1cc(/C=N\NC(=O)c2ccc(N(C)S(=O)(=O)c3ccc(C)cc3)cc2)ccc1OCc1ccccc1. The zero-order valence-corrected chi connectivity index (χ0v) is 23.4. The Balaban J connectivity index is 1.38. The van der Waals surface area contributed by atoms with Crippen LogP contribution in [0.4, 0.5) is 5.69 Å². The van der Waals surface area contributed by atoms with Gasteiger partial charge in [-0.3, -0.25) is 9.10 Å². The van der Waals surface area contributed by atoms with Gasteiger partial charge in [0.05, 0.1) is 23.4 Å². The van der Waals surface area contributed by atoms with Gasteiger partial charge >= 0.3 is 0 Å². The van der Waals surface area contributed by atoms with Crippen LogP contribution in [-0.2, 0) is 16.6 Å². The molecule has 0 fully saturated rings. The van der Waals surface area contributed by atoms with Crippen molar-refractivity contribution >= 4 is 27.8 Å². The molecule has 9 heteroatoms. The molecule has 0 heterocycles. The number of hydrogen-bond acceptors (Lipinski definition) is 6. The van der Waals surface area contributed by atoms with Crippen molar-refractivity contribution in [2.24, 2.45) is 5.10 Å². The highest BCUT2D eigenvalue weighted by molar-refractivity contribution is 7.92. The van der Waals surface area contributed by atoms with Gasteiger partial charge in [-0.05, 0) is 79.6 Å². The molecule has 4 aromatic carbocycles. The second-order valence-corrected chi connectivity index (χ2v) is 10.9. The van der Waals surface area contributed by atoms with Gasteiger partial charge in [-0.2, -0.15) is 5.10 Å². The van der Waals surface area contributed by atoms with Crippen molar-refractivity contribution in [1.29, 1.82) is 0 Å². The predicted octanol–water partition coefficient (Wildman–Crippen LogP) is 5.56. The minimum atomic E-state index is -3.73. The fourth-order valence-electron chi connectivity index (χ4n) is 3.79. The van der Waals surface area contributed by atoms with Crippen molar-refractivity contribution in [1.82, 2.24) is 5.43 Å². The number of anilines is 1. The van der Waals surface area contributed by atoms with Crippen molar-refractivity contribution in [3.63, 3.8) is 0 Å². The van der Waals surface area contributed by atoms with Crippen LogP contribution in [0.3, 0.4) is 0 Å². The van der Waals surface area contributed by atoms with Crippen LogP contribution in [0.15, 0.2) is 107 Å². The first-order chi connectivity index (χ1) is 19.3. The lowest BCUT2D eigenvalue weighted by molar-refractivity contribution is 0.0955. The molecule has 4 rings (SSSR count). The number of benzene rings is 4. The third kappa shape index (κ3) is 7.06. The number of nitrogens with one attached hydrogen (secondary N) is 1. The summed E-state index contributed by atoms with van der Waals surface area (Å²) in [6.45, 7) is 4.67. The van der Waals surface area contributed by atoms with Gasteiger partial charge in [0.25, 0.3) is 15.9 Å². The van der Waals surface area contributed by atoms with Gasteiger partial charge in [-0.25, -0.2) is 13.8 Å². The van der Waals surface area contributed by atoms with Crippen LogP contribution in [-0.4, -0.2) is 34.2 Å². The third-order valence-corrected chi connectivity index (χ3v) is 7.86. The molecule has 0 atom stereocenters. The highest BCUT2D eigenvalue weighted by Crippen LogP contribution is 2.29. The lowest BCUT2D eigenvalue weighted by atomic mass is 10.2. The van der Waals surface area contributed by atoms with E-state index in [1.807, 2.05) is 50.2 Å². The first kappa shape index (κ1) is 28.4. The Labute approximate surface area is 234 Å². The van der Waals surface area contributed by atoms with E-state index in [1.165, 1.54) is 17.6 Å². The van der Waals surface area contributed by atoms with E-state index < -0.39 is 15.9 Å². The Morgan fingerprint density at radius 1 is 0.900 bits per heavy atom. The van der Waals surface area contributed by atoms with Gasteiger partial charge < -0.3 is 9.47 Å². The summed E-state index contributed by atoms with van der Waals surface area (Å²) >= 11 is 0. The molecule has 206 valence electrons. The number of sulfonamides is 1. The van der Waals surface area contributed by atoms with Gasteiger partial charge in [0.1, 0.15) is 6.61 Å². The first-order valence-electron chi connectivity index (χ1n) is 12.7. The van der Waals surface area contributed by atoms with Crippen molar-refractivity contribution < 1.29 is 22.7 Å². The molecule has 0 bridgehead atoms. The summed E-state index contributed by atoms with van der Waals surface area (Å²) in [6.07, 6.45) is 1.51. The number of ether oxygens (including phenoxy) is 2. The molecule has 0 aliphatic heterocycles. The summed E-state index contributed by atoms with van der Waals surface area (Å²) in [6, 6.07) is 28.2. The molecular formula is C31H31N3O5S. The number of hydrazone groups is 1. The summed E-state index contributed by atoms with van der Waals surface area (Å²) in [5, 5.41) is 4.06. The van der Waals surface area contributed by atoms with Crippen molar-refractivity contribution in [3.05, 3.63) is 119 Å². The maximum atomic E-state index is 12.9. The number of nitrogens with zero attached hydrogens (tertiary/aromatic N) is 2. The maximum absolute atomic E-state index is 12.9. The van der Waals surface area contributed by atoms with Crippen LogP contribution >= 0.6 is 0 Å². The van der Waals surface area contributed by atoms with Gasteiger partial charge in [-0.1, -0.05) is 48.0 Å². The average molecular weight is 558 g/mol. The van der Waals surface area contributed by atoms with E-state index in [1.54, 1.807) is 60.7 Å². The summed E-state index contributed by atoms with van der Waals surface area (Å²) in [7, 11) is -2.25. The third-order valence-electron chi connectivity index (χ3n) is 6.06. The Morgan fingerprint density at radius 3 is 2.27 bits per heavy atom. The highest BCUT2D eigenvalue weighted by Gasteiger charge is 2.21. The minimum Gasteiger partial charge on any atom is -0.490 e. The monoisotopic (exact) mass is 557 g/mol. The Bertz CT molecular complexity index is 1570. The summed E-state index contributed by atoms with van der Waals surface area (Å²) in [5.41, 5.74) is 6.00. The van der Waals surface area contributed by atoms with E-state index in [-0.39, 0.29) is 4.90 Å². The van der Waals surface area contributed by atoms with E-state index in [0.717, 1.165) is 11.1 Å². The molecule has 0 saturated carbocycles. The number of hydrogen-bond donors (Lipinski definition) is 1. The lowest BCUT2D eigenvalue weighted by Gasteiger charge is -2.19. The van der Waals surface area contributed by atoms with Crippen LogP contribution in [0.1, 0.15) is 34.0 Å². The van der Waals surface area contributed by atoms with Gasteiger partial charge in [-0.15, -0.1) is 0 Å². The minimum absolute atomic E-state index is 0.194. The molecule has 0 radical (unpaired) electrons. The fraction of sp³-hybridized carbons (Fsp3) is 0.161. The molecule has 0 saturated heterocycles. The lowest BCUT2D eigenvalue weighted by Crippen LogP contribution is -2.26. The normalized spacial score (nSPS) is 11.3. The fourth-order valence-corrected chi connectivity index (χ4v) is 4.98. The second kappa shape index (κ2) is 12.9. The van der Waals surface area contributed by atoms with Crippen LogP contribution in [0, 0.1) is 6.92 Å². The number of amides is 1. The van der Waals surface area contributed by atoms with Crippen LogP contribution in [0.2, 0.25) is 0 Å². The Morgan fingerprint density at radius 2 is 1.60 bits per heavy atom. The number of carbonyl (C=O) groups is 1. The molecule has 0 aliphatic carbocycles. The Hall–Kier alpha value is -4.63. The van der Waals surface area contributed by atoms with E-state index in [2.05, 4.69) is 10.5 Å². The van der Waals surface area contributed by atoms with Crippen LogP contribution in [0.25, 0.3) is 0 Å². The van der Waals surface area contributed by atoms with E-state index in [0.29, 0.717) is 41.5 Å². The van der Waals surface area contributed by atoms with E-state index in [9.17, 15) is 13.2 Å². The van der Waals surface area contributed by atoms with Crippen LogP contribution < -0.4 is 19.2 Å². The molecule has 0 aromatic heterocycles. The van der Waals surface area contributed by atoms with E-state index in [4.69, 9.17) is 9.47 Å². The number of aryl methyl sites for hydroxylation is 1. The van der Waals surface area contributed by atoms with Crippen molar-refractivity contribution in [2.75, 3.05) is 18.0 Å². The number of carbonyl (C=O) groups excluding carboxylic acids is 1. The van der Waals surface area contributed by atoms with E-state index >= 15 is 0 Å². The smallest absolute Gasteiger partial charge is 0.271 e. The van der Waals surface area contributed by atoms with Crippen molar-refractivity contribution in [2.45, 2.75) is 25.3 Å². The van der Waals surface area contributed by atoms with Gasteiger partial charge in [0.15, 0.2) is 11.5 Å². The molecule has 4 aromatic rings. The summed E-state index contributed by atoms with van der Waals surface area (Å²) in [4.78, 5) is 12.8. The Kier molecular flexibility index (Phi) is 9.19. The zero-order chi connectivity index (χ0) is 28.5. The molecule has 0 aliphatic rings. The maximum Gasteiger partial charge on any atom is 0.271 e. The topological polar surface area (TPSA) is 97.3 Å². The molecule has 8 nitrogen and oxygen atoms in total. The first-order valence-corrected chi connectivity index (χ1v) is 14.1. The quantitative estimate of drug-likeness (QED) is 0.192. The summed E-state index contributed by atoms with van der Waals surface area (Å²) in [5.74, 6) is 0.759. The molecule has 1 N–H and O–H groups in total. The average Bonchev–Trinajstić information content (AvgIpc) is 2.97. The second-order valence-electron chi connectivity index (χ2n) is 8.95. The largest absolute Gasteiger partial charge is 0.490 e. The number of rotatable bonds is 11. The summed E-state index contributed by atoms with van der Waals surface area (Å²) < 4.78 is 38.7. The predicted molar refractivity (Wildman–Crippen MR) is 157 cm³/mol. The van der Waals surface area contributed by atoms with Gasteiger partial charge in [0, 0.05) is 12.6 Å². The molecule has 0 spiro atoms. The van der Waals surface area contributed by atoms with Crippen LogP contribution in [0.5, 0.6) is 11.5 Å². The zero-order valence-electron chi connectivity index (χ0n) is 22.6. The molecular weight excluding hydrogens is 526 g/mol. The standard InChI is InChI=1S/C31H31N3O5S/c1-4-38-30-20-25(12-19-29(30)39-22-24-8-6-5-7-9-24)21-32-33-31(35)26-13-15-27(16-14-26)34(3)40(36,37)28-17-10-23(2)11-18-28/h5-21H,4,22H2,1-3H3,(H,33,35)/b32-21-. The van der Waals surface area contributed by atoms with Gasteiger partial charge in [0.2, 0.25) is 0 Å². The highest BCUT2D eigenvalue weighted by atomic mass is 32.2. The molecule has 1 amide bonds. The molecule has 40 heavy (non-hydrogen) atoms. The van der Waals surface area contributed by atoms with Crippen molar-refractivity contribution in [3.8, 4) is 11.5 Å².